The number of benzene rings is 1. The smallest absolute Gasteiger partial charge is 0.261 e. The third-order valence-electron chi connectivity index (χ3n) is 4.70. The minimum absolute atomic E-state index is 0. The molecule has 0 unspecified atom stereocenters. The molecule has 0 saturated heterocycles. The molecule has 0 bridgehead atoms. The van der Waals surface area contributed by atoms with Crippen LogP contribution < -0.4 is 5.73 Å². The van der Waals surface area contributed by atoms with Crippen molar-refractivity contribution in [3.63, 3.8) is 0 Å². The molecule has 1 aromatic heterocycles. The topological polar surface area (TPSA) is 102 Å². The predicted molar refractivity (Wildman–Crippen MR) is 87.7 cm³/mol. The van der Waals surface area contributed by atoms with Crippen molar-refractivity contribution >= 4 is 24.2 Å². The van der Waals surface area contributed by atoms with E-state index in [1.165, 1.54) is 7.05 Å². The first-order valence-corrected chi connectivity index (χ1v) is 7.59. The van der Waals surface area contributed by atoms with Crippen molar-refractivity contribution in [2.45, 2.75) is 31.2 Å². The SMILES string of the molecule is CN1C(=O)c2ccc(-c3nc(C4(N)CCCC4)no3)cc2C1=O.Cl. The van der Waals surface area contributed by atoms with Gasteiger partial charge in [0.25, 0.3) is 17.7 Å². The Balaban J connectivity index is 0.00000169. The van der Waals surface area contributed by atoms with Crippen molar-refractivity contribution in [3.05, 3.63) is 35.2 Å². The number of aromatic nitrogens is 2. The van der Waals surface area contributed by atoms with Gasteiger partial charge in [-0.2, -0.15) is 4.98 Å². The van der Waals surface area contributed by atoms with Gasteiger partial charge in [-0.25, -0.2) is 0 Å². The fraction of sp³-hybridized carbons (Fsp3) is 0.375. The molecule has 0 spiro atoms. The molecule has 2 aromatic rings. The predicted octanol–water partition coefficient (Wildman–Crippen LogP) is 2.11. The second-order valence-corrected chi connectivity index (χ2v) is 6.22. The maximum absolute atomic E-state index is 12.1. The highest BCUT2D eigenvalue weighted by atomic mass is 35.5. The van der Waals surface area contributed by atoms with Gasteiger partial charge in [0.05, 0.1) is 16.7 Å². The standard InChI is InChI=1S/C16H16N4O3.ClH/c1-20-13(21)10-5-4-9(8-11(10)14(20)22)12-18-15(19-23-12)16(17)6-2-3-7-16;/h4-5,8H,2-3,6-7,17H2,1H3;1H. The van der Waals surface area contributed by atoms with Gasteiger partial charge in [0.2, 0.25) is 0 Å². The minimum atomic E-state index is -0.523. The quantitative estimate of drug-likeness (QED) is 0.834. The molecule has 0 atom stereocenters. The maximum atomic E-state index is 12.1. The number of amides is 2. The third kappa shape index (κ3) is 2.32. The summed E-state index contributed by atoms with van der Waals surface area (Å²) in [5, 5.41) is 4.02. The molecule has 4 rings (SSSR count). The van der Waals surface area contributed by atoms with E-state index < -0.39 is 5.54 Å². The fourth-order valence-corrected chi connectivity index (χ4v) is 3.27. The lowest BCUT2D eigenvalue weighted by Crippen LogP contribution is -2.34. The molecule has 0 radical (unpaired) electrons. The van der Waals surface area contributed by atoms with E-state index in [1.807, 2.05) is 0 Å². The van der Waals surface area contributed by atoms with Gasteiger partial charge in [0.15, 0.2) is 5.82 Å². The number of hydrogen-bond donors (Lipinski definition) is 1. The lowest BCUT2D eigenvalue weighted by Gasteiger charge is -2.17. The van der Waals surface area contributed by atoms with Gasteiger partial charge in [-0.3, -0.25) is 14.5 Å². The Morgan fingerprint density at radius 2 is 1.83 bits per heavy atom. The van der Waals surface area contributed by atoms with E-state index in [9.17, 15) is 9.59 Å². The number of imide groups is 1. The molecule has 2 aliphatic rings. The summed E-state index contributed by atoms with van der Waals surface area (Å²) in [6.45, 7) is 0. The van der Waals surface area contributed by atoms with Crippen LogP contribution in [-0.4, -0.2) is 33.9 Å². The van der Waals surface area contributed by atoms with Gasteiger partial charge in [0.1, 0.15) is 0 Å². The molecule has 1 aromatic carbocycles. The van der Waals surface area contributed by atoms with Gasteiger partial charge in [-0.05, 0) is 31.0 Å². The highest BCUT2D eigenvalue weighted by molar-refractivity contribution is 6.21. The number of hydrogen-bond acceptors (Lipinski definition) is 6. The monoisotopic (exact) mass is 348 g/mol. The van der Waals surface area contributed by atoms with Crippen molar-refractivity contribution in [2.75, 3.05) is 7.05 Å². The molecule has 2 N–H and O–H groups in total. The van der Waals surface area contributed by atoms with Gasteiger partial charge in [-0.1, -0.05) is 18.0 Å². The molecule has 24 heavy (non-hydrogen) atoms. The molecule has 7 nitrogen and oxygen atoms in total. The Labute approximate surface area is 144 Å². The van der Waals surface area contributed by atoms with E-state index in [1.54, 1.807) is 18.2 Å². The Bertz CT molecular complexity index is 826. The molecule has 8 heteroatoms. The summed E-state index contributed by atoms with van der Waals surface area (Å²) in [6, 6.07) is 4.94. The summed E-state index contributed by atoms with van der Waals surface area (Å²) >= 11 is 0. The van der Waals surface area contributed by atoms with Crippen LogP contribution in [0.1, 0.15) is 52.2 Å². The van der Waals surface area contributed by atoms with Crippen LogP contribution in [0.2, 0.25) is 0 Å². The molecule has 1 saturated carbocycles. The summed E-state index contributed by atoms with van der Waals surface area (Å²) in [4.78, 5) is 29.5. The second kappa shape index (κ2) is 5.68. The van der Waals surface area contributed by atoms with Gasteiger partial charge in [0, 0.05) is 12.6 Å². The van der Waals surface area contributed by atoms with E-state index in [4.69, 9.17) is 10.3 Å². The Morgan fingerprint density at radius 1 is 1.17 bits per heavy atom. The molecule has 126 valence electrons. The number of carbonyl (C=O) groups is 2. The number of fused-ring (bicyclic) bond motifs is 1. The Kier molecular flexibility index (Phi) is 3.93. The zero-order chi connectivity index (χ0) is 16.2. The highest BCUT2D eigenvalue weighted by Gasteiger charge is 2.37. The fourth-order valence-electron chi connectivity index (χ4n) is 3.27. The van der Waals surface area contributed by atoms with Crippen LogP contribution in [0.3, 0.4) is 0 Å². The lowest BCUT2D eigenvalue weighted by atomic mass is 9.98. The van der Waals surface area contributed by atoms with Crippen molar-refractivity contribution < 1.29 is 14.1 Å². The molecule has 1 aliphatic carbocycles. The van der Waals surface area contributed by atoms with Crippen molar-refractivity contribution in [1.82, 2.24) is 15.0 Å². The van der Waals surface area contributed by atoms with Gasteiger partial charge in [-0.15, -0.1) is 12.4 Å². The Morgan fingerprint density at radius 3 is 2.54 bits per heavy atom. The average molecular weight is 349 g/mol. The molecular formula is C16H17ClN4O3. The summed E-state index contributed by atoms with van der Waals surface area (Å²) in [6.07, 6.45) is 3.80. The summed E-state index contributed by atoms with van der Waals surface area (Å²) in [7, 11) is 1.47. The zero-order valence-electron chi connectivity index (χ0n) is 13.1. The van der Waals surface area contributed by atoms with Crippen LogP contribution in [0.4, 0.5) is 0 Å². The lowest BCUT2D eigenvalue weighted by molar-refractivity contribution is 0.0693. The first kappa shape index (κ1) is 16.6. The summed E-state index contributed by atoms with van der Waals surface area (Å²) in [5.74, 6) is 0.201. The molecular weight excluding hydrogens is 332 g/mol. The van der Waals surface area contributed by atoms with Gasteiger partial charge >= 0.3 is 0 Å². The van der Waals surface area contributed by atoms with Gasteiger partial charge < -0.3 is 10.3 Å². The van der Waals surface area contributed by atoms with E-state index >= 15 is 0 Å². The molecule has 2 heterocycles. The molecule has 1 fully saturated rings. The number of halogens is 1. The van der Waals surface area contributed by atoms with Crippen molar-refractivity contribution in [3.8, 4) is 11.5 Å². The van der Waals surface area contributed by atoms with Crippen LogP contribution in [0, 0.1) is 0 Å². The summed E-state index contributed by atoms with van der Waals surface area (Å²) in [5.41, 5.74) is 7.17. The minimum Gasteiger partial charge on any atom is -0.334 e. The number of rotatable bonds is 2. The van der Waals surface area contributed by atoms with E-state index in [2.05, 4.69) is 10.1 Å². The van der Waals surface area contributed by atoms with E-state index in [0.29, 0.717) is 28.4 Å². The zero-order valence-corrected chi connectivity index (χ0v) is 13.9. The first-order chi connectivity index (χ1) is 11.0. The maximum Gasteiger partial charge on any atom is 0.261 e. The molecule has 2 amide bonds. The van der Waals surface area contributed by atoms with Crippen LogP contribution in [-0.2, 0) is 5.54 Å². The first-order valence-electron chi connectivity index (χ1n) is 7.59. The van der Waals surface area contributed by atoms with Crippen LogP contribution in [0.15, 0.2) is 22.7 Å². The van der Waals surface area contributed by atoms with Crippen molar-refractivity contribution in [1.29, 1.82) is 0 Å². The van der Waals surface area contributed by atoms with Crippen LogP contribution >= 0.6 is 12.4 Å². The van der Waals surface area contributed by atoms with Crippen LogP contribution in [0.25, 0.3) is 11.5 Å². The number of nitrogens with two attached hydrogens (primary N) is 1. The highest BCUT2D eigenvalue weighted by Crippen LogP contribution is 2.36. The second-order valence-electron chi connectivity index (χ2n) is 6.22. The number of nitrogens with zero attached hydrogens (tertiary/aromatic N) is 3. The average Bonchev–Trinajstić information content (AvgIpc) is 3.25. The molecule has 1 aliphatic heterocycles. The Hall–Kier alpha value is -2.25. The van der Waals surface area contributed by atoms with Crippen molar-refractivity contribution in [2.24, 2.45) is 5.73 Å². The largest absolute Gasteiger partial charge is 0.334 e. The normalized spacial score (nSPS) is 18.7. The number of carbonyl (C=O) groups excluding carboxylic acids is 2. The third-order valence-corrected chi connectivity index (χ3v) is 4.70. The summed E-state index contributed by atoms with van der Waals surface area (Å²) < 4.78 is 5.33. The van der Waals surface area contributed by atoms with Crippen LogP contribution in [0.5, 0.6) is 0 Å². The van der Waals surface area contributed by atoms with E-state index in [0.717, 1.165) is 30.6 Å². The van der Waals surface area contributed by atoms with E-state index in [-0.39, 0.29) is 24.2 Å².